The highest BCUT2D eigenvalue weighted by Crippen LogP contribution is 2.17. The van der Waals surface area contributed by atoms with Crippen molar-refractivity contribution in [3.05, 3.63) is 64.7 Å². The van der Waals surface area contributed by atoms with E-state index >= 15 is 0 Å². The highest BCUT2D eigenvalue weighted by atomic mass is 19.3. The van der Waals surface area contributed by atoms with Crippen LogP contribution in [-0.4, -0.2) is 12.4 Å². The molecule has 0 aliphatic carbocycles. The smallest absolute Gasteiger partial charge is 0.387 e. The van der Waals surface area contributed by atoms with Gasteiger partial charge in [-0.05, 0) is 54.8 Å². The van der Waals surface area contributed by atoms with Crippen molar-refractivity contribution in [2.75, 3.05) is 0 Å². The maximum Gasteiger partial charge on any atom is 0.387 e. The van der Waals surface area contributed by atoms with Crippen molar-refractivity contribution in [2.24, 2.45) is 0 Å². The molecule has 0 spiro atoms. The Bertz CT molecular complexity index is 634. The van der Waals surface area contributed by atoms with E-state index in [0.717, 1.165) is 11.1 Å². The van der Waals surface area contributed by atoms with Crippen molar-refractivity contribution in [3.63, 3.8) is 0 Å². The van der Waals surface area contributed by atoms with E-state index in [1.54, 1.807) is 0 Å². The average Bonchev–Trinajstić information content (AvgIpc) is 2.43. The maximum atomic E-state index is 12.2. The standard InChI is InChI=1S/C17H16F2O2/c1-11-3-4-13(9-12(11)2)10-16(20)14-5-7-15(8-6-14)21-17(18)19/h3-9,17H,10H2,1-2H3. The summed E-state index contributed by atoms with van der Waals surface area (Å²) in [6.45, 7) is 1.16. The van der Waals surface area contributed by atoms with Crippen LogP contribution in [0.2, 0.25) is 0 Å². The summed E-state index contributed by atoms with van der Waals surface area (Å²) in [5.41, 5.74) is 3.74. The maximum absolute atomic E-state index is 12.2. The summed E-state index contributed by atoms with van der Waals surface area (Å²) in [7, 11) is 0. The van der Waals surface area contributed by atoms with Crippen LogP contribution in [0, 0.1) is 13.8 Å². The van der Waals surface area contributed by atoms with Gasteiger partial charge in [0, 0.05) is 12.0 Å². The second-order valence-corrected chi connectivity index (χ2v) is 4.92. The minimum Gasteiger partial charge on any atom is -0.435 e. The first-order valence-electron chi connectivity index (χ1n) is 6.60. The van der Waals surface area contributed by atoms with Crippen molar-refractivity contribution >= 4 is 5.78 Å². The first-order chi connectivity index (χ1) is 9.95. The number of hydrogen-bond donors (Lipinski definition) is 0. The molecule has 0 atom stereocenters. The summed E-state index contributed by atoms with van der Waals surface area (Å²) in [6.07, 6.45) is 0.288. The van der Waals surface area contributed by atoms with E-state index in [2.05, 4.69) is 4.74 Å². The lowest BCUT2D eigenvalue weighted by Crippen LogP contribution is -2.05. The Hall–Kier alpha value is -2.23. The van der Waals surface area contributed by atoms with E-state index in [1.165, 1.54) is 29.8 Å². The summed E-state index contributed by atoms with van der Waals surface area (Å²) < 4.78 is 28.3. The van der Waals surface area contributed by atoms with Crippen LogP contribution in [0.25, 0.3) is 0 Å². The van der Waals surface area contributed by atoms with Crippen LogP contribution in [0.3, 0.4) is 0 Å². The minimum atomic E-state index is -2.86. The molecule has 0 saturated heterocycles. The normalized spacial score (nSPS) is 10.7. The third kappa shape index (κ3) is 4.12. The Kier molecular flexibility index (Phi) is 4.68. The van der Waals surface area contributed by atoms with Gasteiger partial charge in [0.15, 0.2) is 5.78 Å². The lowest BCUT2D eigenvalue weighted by molar-refractivity contribution is -0.0498. The zero-order valence-electron chi connectivity index (χ0n) is 11.9. The van der Waals surface area contributed by atoms with Gasteiger partial charge in [-0.15, -0.1) is 0 Å². The zero-order chi connectivity index (χ0) is 15.4. The first kappa shape index (κ1) is 15.2. The molecular weight excluding hydrogens is 274 g/mol. The Morgan fingerprint density at radius 1 is 1.05 bits per heavy atom. The number of rotatable bonds is 5. The molecule has 110 valence electrons. The van der Waals surface area contributed by atoms with E-state index in [9.17, 15) is 13.6 Å². The van der Waals surface area contributed by atoms with Gasteiger partial charge < -0.3 is 4.74 Å². The summed E-state index contributed by atoms with van der Waals surface area (Å²) in [5, 5.41) is 0. The molecule has 21 heavy (non-hydrogen) atoms. The van der Waals surface area contributed by atoms with E-state index in [0.29, 0.717) is 5.56 Å². The van der Waals surface area contributed by atoms with Crippen molar-refractivity contribution < 1.29 is 18.3 Å². The number of carbonyl (C=O) groups is 1. The highest BCUT2D eigenvalue weighted by Gasteiger charge is 2.09. The Morgan fingerprint density at radius 3 is 2.29 bits per heavy atom. The number of hydrogen-bond acceptors (Lipinski definition) is 2. The molecule has 0 bridgehead atoms. The molecule has 2 nitrogen and oxygen atoms in total. The molecule has 0 fully saturated rings. The minimum absolute atomic E-state index is 0.0488. The number of halogens is 2. The van der Waals surface area contributed by atoms with Gasteiger partial charge in [-0.25, -0.2) is 0 Å². The number of Topliss-reactive ketones (excluding diaryl/α,β-unsaturated/α-hetero) is 1. The fourth-order valence-electron chi connectivity index (χ4n) is 2.02. The lowest BCUT2D eigenvalue weighted by atomic mass is 9.99. The molecule has 0 heterocycles. The van der Waals surface area contributed by atoms with Gasteiger partial charge in [-0.3, -0.25) is 4.79 Å². The molecule has 0 unspecified atom stereocenters. The van der Waals surface area contributed by atoms with Crippen LogP contribution in [0.1, 0.15) is 27.0 Å². The van der Waals surface area contributed by atoms with Crippen molar-refractivity contribution in [3.8, 4) is 5.75 Å². The molecule has 2 aromatic carbocycles. The SMILES string of the molecule is Cc1ccc(CC(=O)c2ccc(OC(F)F)cc2)cc1C. The number of benzene rings is 2. The first-order valence-corrected chi connectivity index (χ1v) is 6.60. The van der Waals surface area contributed by atoms with Gasteiger partial charge in [0.1, 0.15) is 5.75 Å². The topological polar surface area (TPSA) is 26.3 Å². The number of alkyl halides is 2. The van der Waals surface area contributed by atoms with Crippen LogP contribution in [0.4, 0.5) is 8.78 Å². The largest absolute Gasteiger partial charge is 0.435 e. The molecule has 0 aromatic heterocycles. The summed E-state index contributed by atoms with van der Waals surface area (Å²) >= 11 is 0. The summed E-state index contributed by atoms with van der Waals surface area (Å²) in [5.74, 6) is -0.00502. The number of ether oxygens (including phenoxy) is 1. The van der Waals surface area contributed by atoms with E-state index in [4.69, 9.17) is 0 Å². The fraction of sp³-hybridized carbons (Fsp3) is 0.235. The number of ketones is 1. The van der Waals surface area contributed by atoms with E-state index in [-0.39, 0.29) is 18.0 Å². The predicted octanol–water partition coefficient (Wildman–Crippen LogP) is 4.33. The van der Waals surface area contributed by atoms with Crippen molar-refractivity contribution in [1.29, 1.82) is 0 Å². The van der Waals surface area contributed by atoms with Gasteiger partial charge >= 0.3 is 6.61 Å². The average molecular weight is 290 g/mol. The quantitative estimate of drug-likeness (QED) is 0.766. The molecule has 0 aliphatic heterocycles. The summed E-state index contributed by atoms with van der Waals surface area (Å²) in [4.78, 5) is 12.2. The molecule has 0 radical (unpaired) electrons. The van der Waals surface area contributed by atoms with Gasteiger partial charge in [-0.2, -0.15) is 8.78 Å². The second-order valence-electron chi connectivity index (χ2n) is 4.92. The fourth-order valence-corrected chi connectivity index (χ4v) is 2.02. The van der Waals surface area contributed by atoms with E-state index < -0.39 is 6.61 Å². The van der Waals surface area contributed by atoms with Gasteiger partial charge in [-0.1, -0.05) is 18.2 Å². The molecule has 2 rings (SSSR count). The van der Waals surface area contributed by atoms with Gasteiger partial charge in [0.05, 0.1) is 0 Å². The van der Waals surface area contributed by atoms with Crippen LogP contribution < -0.4 is 4.74 Å². The molecule has 2 aromatic rings. The molecule has 0 saturated carbocycles. The molecular formula is C17H16F2O2. The van der Waals surface area contributed by atoms with Crippen molar-refractivity contribution in [1.82, 2.24) is 0 Å². The second kappa shape index (κ2) is 6.48. The Balaban J connectivity index is 2.07. The molecule has 0 aliphatic rings. The van der Waals surface area contributed by atoms with E-state index in [1.807, 2.05) is 32.0 Å². The third-order valence-corrected chi connectivity index (χ3v) is 3.34. The number of carbonyl (C=O) groups excluding carboxylic acids is 1. The van der Waals surface area contributed by atoms with Crippen LogP contribution in [0.15, 0.2) is 42.5 Å². The molecule has 0 N–H and O–H groups in total. The van der Waals surface area contributed by atoms with Gasteiger partial charge in [0.2, 0.25) is 0 Å². The van der Waals surface area contributed by atoms with Crippen LogP contribution in [-0.2, 0) is 6.42 Å². The molecule has 0 amide bonds. The number of aryl methyl sites for hydroxylation is 2. The highest BCUT2D eigenvalue weighted by molar-refractivity contribution is 5.97. The predicted molar refractivity (Wildman–Crippen MR) is 77.0 cm³/mol. The van der Waals surface area contributed by atoms with Crippen LogP contribution in [0.5, 0.6) is 5.75 Å². The summed E-state index contributed by atoms with van der Waals surface area (Å²) in [6, 6.07) is 11.6. The van der Waals surface area contributed by atoms with Crippen molar-refractivity contribution in [2.45, 2.75) is 26.9 Å². The Morgan fingerprint density at radius 2 is 1.71 bits per heavy atom. The monoisotopic (exact) mass is 290 g/mol. The zero-order valence-corrected chi connectivity index (χ0v) is 11.9. The van der Waals surface area contributed by atoms with Crippen LogP contribution >= 0.6 is 0 Å². The Labute approximate surface area is 122 Å². The third-order valence-electron chi connectivity index (χ3n) is 3.34. The molecule has 4 heteroatoms. The lowest BCUT2D eigenvalue weighted by Gasteiger charge is -2.07. The van der Waals surface area contributed by atoms with Gasteiger partial charge in [0.25, 0.3) is 0 Å².